The van der Waals surface area contributed by atoms with Gasteiger partial charge in [-0.15, -0.1) is 11.3 Å². The Labute approximate surface area is 135 Å². The predicted octanol–water partition coefficient (Wildman–Crippen LogP) is 3.38. The predicted molar refractivity (Wildman–Crippen MR) is 84.4 cm³/mol. The molecule has 3 aromatic rings. The minimum atomic E-state index is -3.88. The van der Waals surface area contributed by atoms with Crippen LogP contribution in [0.15, 0.2) is 46.0 Å². The van der Waals surface area contributed by atoms with Gasteiger partial charge in [0.1, 0.15) is 9.90 Å². The second-order valence-corrected chi connectivity index (χ2v) is 7.94. The molecule has 1 aromatic carbocycles. The normalized spacial score (nSPS) is 12.9. The quantitative estimate of drug-likeness (QED) is 0.723. The van der Waals surface area contributed by atoms with Crippen LogP contribution in [0.1, 0.15) is 10.9 Å². The maximum Gasteiger partial charge on any atom is 0.209 e. The van der Waals surface area contributed by atoms with Crippen molar-refractivity contribution in [2.75, 3.05) is 0 Å². The van der Waals surface area contributed by atoms with Crippen molar-refractivity contribution >= 4 is 43.8 Å². The van der Waals surface area contributed by atoms with Crippen LogP contribution >= 0.6 is 22.9 Å². The molecule has 0 radical (unpaired) electrons. The SMILES string of the molecule is N#C[C@H](c1nc2ccccc2nc1Cl)S(=O)(=O)c1cccs1. The van der Waals surface area contributed by atoms with E-state index in [1.165, 1.54) is 6.07 Å². The molecule has 1 atom stereocenters. The number of hydrogen-bond acceptors (Lipinski definition) is 6. The number of halogens is 1. The van der Waals surface area contributed by atoms with Crippen LogP contribution in [-0.2, 0) is 9.84 Å². The Balaban J connectivity index is 2.20. The molecule has 0 aliphatic rings. The van der Waals surface area contributed by atoms with Gasteiger partial charge < -0.3 is 0 Å². The number of nitrogens with zero attached hydrogens (tertiary/aromatic N) is 3. The number of sulfone groups is 1. The van der Waals surface area contributed by atoms with Crippen LogP contribution in [0.3, 0.4) is 0 Å². The minimum absolute atomic E-state index is 0.0451. The smallest absolute Gasteiger partial charge is 0.209 e. The van der Waals surface area contributed by atoms with Gasteiger partial charge in [-0.1, -0.05) is 29.8 Å². The monoisotopic (exact) mass is 349 g/mol. The lowest BCUT2D eigenvalue weighted by Crippen LogP contribution is -2.14. The van der Waals surface area contributed by atoms with E-state index in [1.807, 2.05) is 0 Å². The Morgan fingerprint density at radius 1 is 1.14 bits per heavy atom. The van der Waals surface area contributed by atoms with Crippen LogP contribution in [-0.4, -0.2) is 18.4 Å². The van der Waals surface area contributed by atoms with Crippen molar-refractivity contribution in [2.24, 2.45) is 0 Å². The number of rotatable bonds is 3. The highest BCUT2D eigenvalue weighted by atomic mass is 35.5. The molecule has 8 heteroatoms. The van der Waals surface area contributed by atoms with Gasteiger partial charge in [0.2, 0.25) is 9.84 Å². The van der Waals surface area contributed by atoms with Crippen molar-refractivity contribution in [3.05, 3.63) is 52.6 Å². The highest BCUT2D eigenvalue weighted by Crippen LogP contribution is 2.33. The largest absolute Gasteiger partial charge is 0.245 e. The molecule has 0 aliphatic carbocycles. The van der Waals surface area contributed by atoms with E-state index < -0.39 is 15.1 Å². The molecule has 5 nitrogen and oxygen atoms in total. The van der Waals surface area contributed by atoms with E-state index in [1.54, 1.807) is 41.8 Å². The standard InChI is InChI=1S/C14H8ClN3O2S2/c15-14-13(17-9-4-1-2-5-10(9)18-14)11(8-16)22(19,20)12-6-3-7-21-12/h1-7,11H/t11-/m1/s1. The van der Waals surface area contributed by atoms with E-state index in [9.17, 15) is 13.7 Å². The molecule has 110 valence electrons. The first-order chi connectivity index (χ1) is 10.5. The number of hydrogen-bond donors (Lipinski definition) is 0. The third-order valence-electron chi connectivity index (χ3n) is 3.00. The summed E-state index contributed by atoms with van der Waals surface area (Å²) in [6, 6.07) is 11.8. The Bertz CT molecular complexity index is 979. The Kier molecular flexibility index (Phi) is 3.83. The van der Waals surface area contributed by atoms with Gasteiger partial charge in [0, 0.05) is 0 Å². The second kappa shape index (κ2) is 5.65. The maximum absolute atomic E-state index is 12.6. The number of aromatic nitrogens is 2. The summed E-state index contributed by atoms with van der Waals surface area (Å²) in [6.45, 7) is 0. The van der Waals surface area contributed by atoms with E-state index in [2.05, 4.69) is 9.97 Å². The fourth-order valence-electron chi connectivity index (χ4n) is 1.98. The topological polar surface area (TPSA) is 83.7 Å². The van der Waals surface area contributed by atoms with Gasteiger partial charge in [0.05, 0.1) is 17.1 Å². The summed E-state index contributed by atoms with van der Waals surface area (Å²) < 4.78 is 25.3. The van der Waals surface area contributed by atoms with Crippen molar-refractivity contribution in [1.82, 2.24) is 9.97 Å². The molecule has 0 N–H and O–H groups in total. The summed E-state index contributed by atoms with van der Waals surface area (Å²) in [5.41, 5.74) is 0.987. The van der Waals surface area contributed by atoms with E-state index in [-0.39, 0.29) is 15.1 Å². The zero-order chi connectivity index (χ0) is 15.7. The van der Waals surface area contributed by atoms with Crippen LogP contribution in [0.5, 0.6) is 0 Å². The minimum Gasteiger partial charge on any atom is -0.245 e. The van der Waals surface area contributed by atoms with Gasteiger partial charge in [0.15, 0.2) is 10.4 Å². The molecular weight excluding hydrogens is 342 g/mol. The van der Waals surface area contributed by atoms with Crippen molar-refractivity contribution in [1.29, 1.82) is 5.26 Å². The zero-order valence-electron chi connectivity index (χ0n) is 11.0. The van der Waals surface area contributed by atoms with Crippen molar-refractivity contribution in [2.45, 2.75) is 9.46 Å². The molecular formula is C14H8ClN3O2S2. The fourth-order valence-corrected chi connectivity index (χ4v) is 4.82. The van der Waals surface area contributed by atoms with Crippen molar-refractivity contribution < 1.29 is 8.42 Å². The summed E-state index contributed by atoms with van der Waals surface area (Å²) in [7, 11) is -3.88. The highest BCUT2D eigenvalue weighted by molar-refractivity contribution is 7.93. The fraction of sp³-hybridized carbons (Fsp3) is 0.0714. The summed E-state index contributed by atoms with van der Waals surface area (Å²) in [6.07, 6.45) is 0. The Morgan fingerprint density at radius 3 is 2.41 bits per heavy atom. The maximum atomic E-state index is 12.6. The number of benzene rings is 1. The van der Waals surface area contributed by atoms with Crippen LogP contribution in [0.25, 0.3) is 11.0 Å². The van der Waals surface area contributed by atoms with Gasteiger partial charge in [0.25, 0.3) is 0 Å². The molecule has 0 fully saturated rings. The molecule has 0 saturated heterocycles. The van der Waals surface area contributed by atoms with E-state index in [0.29, 0.717) is 11.0 Å². The first-order valence-corrected chi connectivity index (χ1v) is 8.93. The molecule has 0 bridgehead atoms. The van der Waals surface area contributed by atoms with Gasteiger partial charge in [-0.25, -0.2) is 18.4 Å². The third-order valence-corrected chi connectivity index (χ3v) is 6.58. The molecule has 0 unspecified atom stereocenters. The number of para-hydroxylation sites is 2. The molecule has 0 spiro atoms. The van der Waals surface area contributed by atoms with Crippen molar-refractivity contribution in [3.63, 3.8) is 0 Å². The lowest BCUT2D eigenvalue weighted by molar-refractivity contribution is 0.592. The van der Waals surface area contributed by atoms with Crippen LogP contribution < -0.4 is 0 Å². The third kappa shape index (κ3) is 2.46. The van der Waals surface area contributed by atoms with Gasteiger partial charge >= 0.3 is 0 Å². The van der Waals surface area contributed by atoms with Gasteiger partial charge in [-0.05, 0) is 23.6 Å². The van der Waals surface area contributed by atoms with Crippen LogP contribution in [0.4, 0.5) is 0 Å². The highest BCUT2D eigenvalue weighted by Gasteiger charge is 2.33. The number of thiophene rings is 1. The summed E-state index contributed by atoms with van der Waals surface area (Å²) in [4.78, 5) is 8.36. The lowest BCUT2D eigenvalue weighted by Gasteiger charge is -2.11. The number of fused-ring (bicyclic) bond motifs is 1. The molecule has 2 heterocycles. The van der Waals surface area contributed by atoms with E-state index >= 15 is 0 Å². The van der Waals surface area contributed by atoms with E-state index in [4.69, 9.17) is 11.6 Å². The molecule has 0 saturated carbocycles. The average Bonchev–Trinajstić information content (AvgIpc) is 3.03. The summed E-state index contributed by atoms with van der Waals surface area (Å²) >= 11 is 7.11. The molecule has 0 amide bonds. The molecule has 3 rings (SSSR count). The first kappa shape index (κ1) is 14.9. The second-order valence-electron chi connectivity index (χ2n) is 4.37. The number of nitriles is 1. The summed E-state index contributed by atoms with van der Waals surface area (Å²) in [5, 5.41) is 9.42. The Hall–Kier alpha value is -2.01. The zero-order valence-corrected chi connectivity index (χ0v) is 13.4. The van der Waals surface area contributed by atoms with Crippen LogP contribution in [0.2, 0.25) is 5.15 Å². The van der Waals surface area contributed by atoms with Gasteiger partial charge in [-0.3, -0.25) is 0 Å². The average molecular weight is 350 g/mol. The van der Waals surface area contributed by atoms with E-state index in [0.717, 1.165) is 11.3 Å². The summed E-state index contributed by atoms with van der Waals surface area (Å²) in [5.74, 6) is 0. The lowest BCUT2D eigenvalue weighted by atomic mass is 10.2. The van der Waals surface area contributed by atoms with Crippen molar-refractivity contribution in [3.8, 4) is 6.07 Å². The Morgan fingerprint density at radius 2 is 1.82 bits per heavy atom. The molecule has 2 aromatic heterocycles. The first-order valence-electron chi connectivity index (χ1n) is 6.13. The van der Waals surface area contributed by atoms with Gasteiger partial charge in [-0.2, -0.15) is 5.26 Å². The van der Waals surface area contributed by atoms with Crippen LogP contribution in [0, 0.1) is 11.3 Å². The molecule has 0 aliphatic heterocycles. The molecule has 22 heavy (non-hydrogen) atoms.